The fraction of sp³-hybridized carbons (Fsp3) is 0.429. The van der Waals surface area contributed by atoms with Crippen molar-refractivity contribution in [2.45, 2.75) is 70.1 Å². The van der Waals surface area contributed by atoms with Crippen LogP contribution in [0.4, 0.5) is 15.3 Å². The number of non-ortho nitro benzene ring substituents is 1. The lowest BCUT2D eigenvalue weighted by Gasteiger charge is -2.35. The Morgan fingerprint density at radius 2 is 1.54 bits per heavy atom. The molecule has 0 bridgehead atoms. The highest BCUT2D eigenvalue weighted by Gasteiger charge is 2.35. The Bertz CT molecular complexity index is 1680. The summed E-state index contributed by atoms with van der Waals surface area (Å²) in [5, 5.41) is 25.2. The Labute approximate surface area is 292 Å². The van der Waals surface area contributed by atoms with Crippen molar-refractivity contribution in [1.82, 2.24) is 9.62 Å². The minimum Gasteiger partial charge on any atom is -0.497 e. The number of alkyl carbamates (subject to hydrolysis) is 1. The van der Waals surface area contributed by atoms with Crippen LogP contribution < -0.4 is 14.8 Å². The monoisotopic (exact) mass is 715 g/mol. The van der Waals surface area contributed by atoms with Crippen molar-refractivity contribution >= 4 is 28.0 Å². The number of nitro groups is 1. The average Bonchev–Trinajstić information content (AvgIpc) is 3.03. The quantitative estimate of drug-likeness (QED) is 0.0800. The summed E-state index contributed by atoms with van der Waals surface area (Å²) in [6, 6.07) is 18.9. The molecule has 2 N–H and O–H groups in total. The number of aliphatic hydroxyl groups is 1. The molecule has 3 aromatic rings. The van der Waals surface area contributed by atoms with E-state index in [4.69, 9.17) is 18.9 Å². The molecular weight excluding hydrogens is 670 g/mol. The van der Waals surface area contributed by atoms with Crippen LogP contribution in [0.15, 0.2) is 83.8 Å². The molecule has 0 aliphatic heterocycles. The van der Waals surface area contributed by atoms with Crippen molar-refractivity contribution in [2.24, 2.45) is 5.41 Å². The standard InChI is InChI=1S/C35H45N3O11S/c1-34(2,3)49-32(40)36-30(22-25-10-8-7-9-11-25)31(39)23-37(50(44,45)29-18-16-27(46-6)17-19-29)24-35(4,5)20-21-47-33(41)48-28-14-12-26(13-15-28)38(42)43/h7-19,30-31,39H,20-24H2,1-6H3,(H,36,40). The van der Waals surface area contributed by atoms with Crippen molar-refractivity contribution in [3.05, 3.63) is 94.5 Å². The molecule has 272 valence electrons. The zero-order valence-electron chi connectivity index (χ0n) is 29.0. The maximum absolute atomic E-state index is 14.1. The summed E-state index contributed by atoms with van der Waals surface area (Å²) < 4.78 is 50.3. The van der Waals surface area contributed by atoms with Crippen LogP contribution in [0.2, 0.25) is 0 Å². The minimum absolute atomic E-state index is 0.0380. The number of carbonyl (C=O) groups excluding carboxylic acids is 2. The predicted molar refractivity (Wildman–Crippen MR) is 185 cm³/mol. The van der Waals surface area contributed by atoms with E-state index in [1.165, 1.54) is 55.6 Å². The maximum Gasteiger partial charge on any atom is 0.513 e. The fourth-order valence-corrected chi connectivity index (χ4v) is 6.47. The van der Waals surface area contributed by atoms with Gasteiger partial charge in [0.05, 0.1) is 35.7 Å². The van der Waals surface area contributed by atoms with Crippen molar-refractivity contribution in [1.29, 1.82) is 0 Å². The van der Waals surface area contributed by atoms with Crippen LogP contribution >= 0.6 is 0 Å². The van der Waals surface area contributed by atoms with E-state index in [-0.39, 0.29) is 42.3 Å². The van der Waals surface area contributed by atoms with Crippen LogP contribution in [-0.2, 0) is 25.9 Å². The van der Waals surface area contributed by atoms with Crippen LogP contribution in [0, 0.1) is 15.5 Å². The van der Waals surface area contributed by atoms with Gasteiger partial charge in [0.1, 0.15) is 17.1 Å². The van der Waals surface area contributed by atoms with Gasteiger partial charge >= 0.3 is 12.2 Å². The van der Waals surface area contributed by atoms with E-state index in [0.29, 0.717) is 5.75 Å². The van der Waals surface area contributed by atoms with Crippen molar-refractivity contribution in [2.75, 3.05) is 26.8 Å². The molecule has 14 nitrogen and oxygen atoms in total. The Hall–Kier alpha value is -4.73. The molecule has 2 unspecified atom stereocenters. The van der Waals surface area contributed by atoms with Crippen LogP contribution in [0.1, 0.15) is 46.6 Å². The molecule has 0 heterocycles. The van der Waals surface area contributed by atoms with Gasteiger partial charge in [-0.15, -0.1) is 0 Å². The van der Waals surface area contributed by atoms with Gasteiger partial charge in [0, 0.05) is 25.2 Å². The Morgan fingerprint density at radius 1 is 0.940 bits per heavy atom. The van der Waals surface area contributed by atoms with Gasteiger partial charge in [-0.05, 0) is 81.0 Å². The van der Waals surface area contributed by atoms with Crippen LogP contribution in [0.5, 0.6) is 11.5 Å². The van der Waals surface area contributed by atoms with E-state index in [9.17, 15) is 33.2 Å². The van der Waals surface area contributed by atoms with Crippen LogP contribution in [0.3, 0.4) is 0 Å². The molecule has 0 aromatic heterocycles. The molecule has 0 fully saturated rings. The third-order valence-corrected chi connectivity index (χ3v) is 9.23. The lowest BCUT2D eigenvalue weighted by atomic mass is 9.89. The second kappa shape index (κ2) is 17.3. The van der Waals surface area contributed by atoms with Crippen molar-refractivity contribution < 1.29 is 47.0 Å². The average molecular weight is 716 g/mol. The number of methoxy groups -OCH3 is 1. The lowest BCUT2D eigenvalue weighted by molar-refractivity contribution is -0.384. The molecule has 50 heavy (non-hydrogen) atoms. The number of benzene rings is 3. The SMILES string of the molecule is COc1ccc(S(=O)(=O)N(CC(O)C(Cc2ccccc2)NC(=O)OC(C)(C)C)CC(C)(C)CCOC(=O)Oc2ccc([N+](=O)[O-])cc2)cc1. The van der Waals surface area contributed by atoms with Gasteiger partial charge in [0.2, 0.25) is 10.0 Å². The van der Waals surface area contributed by atoms with E-state index in [0.717, 1.165) is 9.87 Å². The zero-order chi connectivity index (χ0) is 37.1. The van der Waals surface area contributed by atoms with Gasteiger partial charge in [-0.2, -0.15) is 4.31 Å². The van der Waals surface area contributed by atoms with Crippen molar-refractivity contribution in [3.63, 3.8) is 0 Å². The second-order valence-electron chi connectivity index (χ2n) is 13.3. The van der Waals surface area contributed by atoms with Gasteiger partial charge in [0.15, 0.2) is 0 Å². The number of nitrogens with zero attached hydrogens (tertiary/aromatic N) is 2. The van der Waals surface area contributed by atoms with Crippen molar-refractivity contribution in [3.8, 4) is 11.5 Å². The number of ether oxygens (including phenoxy) is 4. The number of nitro benzene ring substituents is 1. The highest BCUT2D eigenvalue weighted by molar-refractivity contribution is 7.89. The largest absolute Gasteiger partial charge is 0.513 e. The number of hydrogen-bond donors (Lipinski definition) is 2. The first-order valence-corrected chi connectivity index (χ1v) is 17.3. The fourth-order valence-electron chi connectivity index (χ4n) is 4.82. The third-order valence-electron chi connectivity index (χ3n) is 7.40. The highest BCUT2D eigenvalue weighted by Crippen LogP contribution is 2.28. The minimum atomic E-state index is -4.22. The third kappa shape index (κ3) is 12.6. The number of carbonyl (C=O) groups is 2. The Kier molecular flexibility index (Phi) is 13.7. The second-order valence-corrected chi connectivity index (χ2v) is 15.3. The van der Waals surface area contributed by atoms with Gasteiger partial charge in [-0.25, -0.2) is 18.0 Å². The maximum atomic E-state index is 14.1. The molecular formula is C35H45N3O11S. The zero-order valence-corrected chi connectivity index (χ0v) is 29.8. The summed E-state index contributed by atoms with van der Waals surface area (Å²) in [7, 11) is -2.75. The lowest BCUT2D eigenvalue weighted by Crippen LogP contribution is -2.52. The highest BCUT2D eigenvalue weighted by atomic mass is 32.2. The number of amides is 1. The van der Waals surface area contributed by atoms with Gasteiger partial charge in [-0.1, -0.05) is 44.2 Å². The first kappa shape index (κ1) is 39.7. The first-order chi connectivity index (χ1) is 23.4. The van der Waals surface area contributed by atoms with Gasteiger partial charge < -0.3 is 29.4 Å². The van der Waals surface area contributed by atoms with E-state index >= 15 is 0 Å². The van der Waals surface area contributed by atoms with E-state index in [1.807, 2.05) is 30.3 Å². The predicted octanol–water partition coefficient (Wildman–Crippen LogP) is 5.72. The number of nitrogens with one attached hydrogen (secondary N) is 1. The molecule has 0 radical (unpaired) electrons. The normalized spacial score (nSPS) is 13.2. The van der Waals surface area contributed by atoms with Crippen LogP contribution in [0.25, 0.3) is 0 Å². The van der Waals surface area contributed by atoms with Gasteiger partial charge in [0.25, 0.3) is 5.69 Å². The molecule has 3 aromatic carbocycles. The molecule has 1 amide bonds. The summed E-state index contributed by atoms with van der Waals surface area (Å²) >= 11 is 0. The van der Waals surface area contributed by atoms with Crippen LogP contribution in [-0.4, -0.2) is 79.6 Å². The van der Waals surface area contributed by atoms with E-state index < -0.39 is 56.9 Å². The molecule has 0 aliphatic carbocycles. The smallest absolute Gasteiger partial charge is 0.497 e. The van der Waals surface area contributed by atoms with E-state index in [2.05, 4.69) is 5.32 Å². The van der Waals surface area contributed by atoms with E-state index in [1.54, 1.807) is 34.6 Å². The molecule has 0 spiro atoms. The Balaban J connectivity index is 1.81. The molecule has 3 rings (SSSR count). The number of sulfonamides is 1. The first-order valence-electron chi connectivity index (χ1n) is 15.8. The topological polar surface area (TPSA) is 184 Å². The molecule has 0 saturated carbocycles. The molecule has 0 aliphatic rings. The Morgan fingerprint density at radius 3 is 2.10 bits per heavy atom. The summed E-state index contributed by atoms with van der Waals surface area (Å²) in [6.07, 6.45) is -2.80. The molecule has 0 saturated heterocycles. The number of rotatable bonds is 16. The van der Waals surface area contributed by atoms with Gasteiger partial charge in [-0.3, -0.25) is 10.1 Å². The molecule has 15 heteroatoms. The summed E-state index contributed by atoms with van der Waals surface area (Å²) in [6.45, 7) is 8.04. The summed E-state index contributed by atoms with van der Waals surface area (Å²) in [5.74, 6) is 0.508. The summed E-state index contributed by atoms with van der Waals surface area (Å²) in [4.78, 5) is 35.4. The summed E-state index contributed by atoms with van der Waals surface area (Å²) in [5.41, 5.74) is -0.981. The molecule has 2 atom stereocenters. The number of aliphatic hydroxyl groups excluding tert-OH is 1. The number of hydrogen-bond acceptors (Lipinski definition) is 11.